The summed E-state index contributed by atoms with van der Waals surface area (Å²) < 4.78 is 5.28. The van der Waals surface area contributed by atoms with Crippen molar-refractivity contribution in [2.45, 2.75) is 26.2 Å². The molecular weight excluding hydrogens is 288 g/mol. The van der Waals surface area contributed by atoms with Crippen LogP contribution >= 0.6 is 0 Å². The standard InChI is InChI=1S/C19H18N2O2/c1-19(2,3)15-8-6-14(7-9-15)17-21-16(18(22)23-17)11-13-5-4-10-20-12-13/h4-12H,1-3H3. The molecule has 2 heterocycles. The predicted molar refractivity (Wildman–Crippen MR) is 90.0 cm³/mol. The molecule has 1 aliphatic rings. The molecule has 116 valence electrons. The molecule has 0 spiro atoms. The van der Waals surface area contributed by atoms with Gasteiger partial charge >= 0.3 is 5.97 Å². The molecule has 2 aromatic rings. The van der Waals surface area contributed by atoms with Gasteiger partial charge in [0.2, 0.25) is 5.90 Å². The number of hydrogen-bond donors (Lipinski definition) is 0. The highest BCUT2D eigenvalue weighted by atomic mass is 16.6. The number of ether oxygens (including phenoxy) is 1. The Labute approximate surface area is 135 Å². The molecule has 0 radical (unpaired) electrons. The second-order valence-electron chi connectivity index (χ2n) is 6.45. The van der Waals surface area contributed by atoms with Crippen LogP contribution in [0.15, 0.2) is 59.5 Å². The van der Waals surface area contributed by atoms with Crippen molar-refractivity contribution in [3.63, 3.8) is 0 Å². The number of benzene rings is 1. The van der Waals surface area contributed by atoms with Crippen LogP contribution < -0.4 is 0 Å². The van der Waals surface area contributed by atoms with Gasteiger partial charge in [0.1, 0.15) is 0 Å². The number of hydrogen-bond acceptors (Lipinski definition) is 4. The molecule has 0 fully saturated rings. The average Bonchev–Trinajstić information content (AvgIpc) is 2.89. The van der Waals surface area contributed by atoms with Crippen molar-refractivity contribution >= 4 is 17.9 Å². The predicted octanol–water partition coefficient (Wildman–Crippen LogP) is 3.72. The van der Waals surface area contributed by atoms with Crippen molar-refractivity contribution in [2.75, 3.05) is 0 Å². The van der Waals surface area contributed by atoms with Crippen molar-refractivity contribution in [1.29, 1.82) is 0 Å². The van der Waals surface area contributed by atoms with E-state index in [0.717, 1.165) is 11.1 Å². The topological polar surface area (TPSA) is 51.5 Å². The Kier molecular flexibility index (Phi) is 3.82. The fraction of sp³-hybridized carbons (Fsp3) is 0.211. The third-order valence-corrected chi connectivity index (χ3v) is 3.61. The molecule has 0 N–H and O–H groups in total. The second-order valence-corrected chi connectivity index (χ2v) is 6.45. The van der Waals surface area contributed by atoms with Gasteiger partial charge in [-0.1, -0.05) is 39.0 Å². The van der Waals surface area contributed by atoms with E-state index < -0.39 is 5.97 Å². The van der Waals surface area contributed by atoms with Gasteiger partial charge in [0, 0.05) is 18.0 Å². The quantitative estimate of drug-likeness (QED) is 0.627. The highest BCUT2D eigenvalue weighted by Gasteiger charge is 2.24. The van der Waals surface area contributed by atoms with Gasteiger partial charge in [-0.05, 0) is 40.8 Å². The summed E-state index contributed by atoms with van der Waals surface area (Å²) in [5.41, 5.74) is 3.19. The van der Waals surface area contributed by atoms with E-state index in [1.807, 2.05) is 36.4 Å². The molecule has 1 aromatic heterocycles. The number of nitrogens with zero attached hydrogens (tertiary/aromatic N) is 2. The Hall–Kier alpha value is -2.75. The zero-order valence-corrected chi connectivity index (χ0v) is 13.4. The van der Waals surface area contributed by atoms with Gasteiger partial charge in [-0.25, -0.2) is 9.79 Å². The molecule has 0 atom stereocenters. The van der Waals surface area contributed by atoms with Gasteiger partial charge < -0.3 is 4.74 Å². The van der Waals surface area contributed by atoms with E-state index >= 15 is 0 Å². The minimum Gasteiger partial charge on any atom is -0.402 e. The molecule has 0 aliphatic carbocycles. The Bertz CT molecular complexity index is 782. The molecule has 0 unspecified atom stereocenters. The number of aromatic nitrogens is 1. The monoisotopic (exact) mass is 306 g/mol. The van der Waals surface area contributed by atoms with Gasteiger partial charge in [0.05, 0.1) is 0 Å². The molecule has 3 rings (SSSR count). The Morgan fingerprint density at radius 1 is 1.09 bits per heavy atom. The number of cyclic esters (lactones) is 1. The van der Waals surface area contributed by atoms with Gasteiger partial charge in [0.25, 0.3) is 0 Å². The first kappa shape index (κ1) is 15.2. The minimum atomic E-state index is -0.441. The lowest BCUT2D eigenvalue weighted by Gasteiger charge is -2.18. The van der Waals surface area contributed by atoms with E-state index in [1.54, 1.807) is 18.5 Å². The molecular formula is C19H18N2O2. The summed E-state index contributed by atoms with van der Waals surface area (Å²) in [6.07, 6.45) is 5.03. The highest BCUT2D eigenvalue weighted by molar-refractivity contribution is 6.12. The fourth-order valence-corrected chi connectivity index (χ4v) is 2.26. The number of rotatable bonds is 2. The van der Waals surface area contributed by atoms with Gasteiger partial charge in [0.15, 0.2) is 5.70 Å². The van der Waals surface area contributed by atoms with Crippen LogP contribution in [0.3, 0.4) is 0 Å². The molecule has 0 saturated carbocycles. The first-order chi connectivity index (χ1) is 10.9. The third kappa shape index (κ3) is 3.37. The lowest BCUT2D eigenvalue weighted by atomic mass is 9.87. The van der Waals surface area contributed by atoms with E-state index in [4.69, 9.17) is 4.74 Å². The van der Waals surface area contributed by atoms with Crippen molar-refractivity contribution < 1.29 is 9.53 Å². The lowest BCUT2D eigenvalue weighted by Crippen LogP contribution is -2.11. The summed E-state index contributed by atoms with van der Waals surface area (Å²) in [7, 11) is 0. The van der Waals surface area contributed by atoms with Crippen LogP contribution in [0.5, 0.6) is 0 Å². The zero-order chi connectivity index (χ0) is 16.4. The Morgan fingerprint density at radius 2 is 1.83 bits per heavy atom. The van der Waals surface area contributed by atoms with Crippen LogP contribution in [0.4, 0.5) is 0 Å². The van der Waals surface area contributed by atoms with Crippen molar-refractivity contribution in [1.82, 2.24) is 4.98 Å². The highest BCUT2D eigenvalue weighted by Crippen LogP contribution is 2.24. The maximum Gasteiger partial charge on any atom is 0.363 e. The summed E-state index contributed by atoms with van der Waals surface area (Å²) in [6, 6.07) is 11.6. The molecule has 1 aliphatic heterocycles. The van der Waals surface area contributed by atoms with Crippen molar-refractivity contribution in [3.8, 4) is 0 Å². The number of pyridine rings is 1. The SMILES string of the molecule is CC(C)(C)c1ccc(C2=NC(=Cc3cccnc3)C(=O)O2)cc1. The summed E-state index contributed by atoms with van der Waals surface area (Å²) in [5.74, 6) is -0.102. The zero-order valence-electron chi connectivity index (χ0n) is 13.4. The van der Waals surface area contributed by atoms with Crippen LogP contribution in [0.2, 0.25) is 0 Å². The largest absolute Gasteiger partial charge is 0.402 e. The summed E-state index contributed by atoms with van der Waals surface area (Å²) >= 11 is 0. The Morgan fingerprint density at radius 3 is 2.43 bits per heavy atom. The van der Waals surface area contributed by atoms with E-state index in [0.29, 0.717) is 5.90 Å². The van der Waals surface area contributed by atoms with Crippen molar-refractivity contribution in [2.24, 2.45) is 4.99 Å². The molecule has 0 saturated heterocycles. The Balaban J connectivity index is 1.88. The van der Waals surface area contributed by atoms with Crippen molar-refractivity contribution in [3.05, 3.63) is 71.2 Å². The lowest BCUT2D eigenvalue weighted by molar-refractivity contribution is -0.129. The van der Waals surface area contributed by atoms with Crippen LogP contribution in [0.1, 0.15) is 37.5 Å². The van der Waals surface area contributed by atoms with Crippen LogP contribution in [0, 0.1) is 0 Å². The van der Waals surface area contributed by atoms with Gasteiger partial charge in [-0.3, -0.25) is 4.98 Å². The van der Waals surface area contributed by atoms with E-state index in [9.17, 15) is 4.79 Å². The maximum absolute atomic E-state index is 12.0. The number of esters is 1. The van der Waals surface area contributed by atoms with Crippen LogP contribution in [-0.2, 0) is 14.9 Å². The number of carbonyl (C=O) groups excluding carboxylic acids is 1. The van der Waals surface area contributed by atoms with E-state index in [1.165, 1.54) is 5.56 Å². The molecule has 4 heteroatoms. The number of aliphatic imine (C=N–C) groups is 1. The summed E-state index contributed by atoms with van der Waals surface area (Å²) in [5, 5.41) is 0. The van der Waals surface area contributed by atoms with E-state index in [-0.39, 0.29) is 11.1 Å². The van der Waals surface area contributed by atoms with Gasteiger partial charge in [-0.2, -0.15) is 0 Å². The first-order valence-corrected chi connectivity index (χ1v) is 7.47. The molecule has 0 bridgehead atoms. The third-order valence-electron chi connectivity index (χ3n) is 3.61. The van der Waals surface area contributed by atoms with Gasteiger partial charge in [-0.15, -0.1) is 0 Å². The maximum atomic E-state index is 12.0. The number of carbonyl (C=O) groups is 1. The fourth-order valence-electron chi connectivity index (χ4n) is 2.26. The normalized spacial score (nSPS) is 16.4. The minimum absolute atomic E-state index is 0.0814. The van der Waals surface area contributed by atoms with Crippen LogP contribution in [-0.4, -0.2) is 16.9 Å². The summed E-state index contributed by atoms with van der Waals surface area (Å²) in [6.45, 7) is 6.47. The van der Waals surface area contributed by atoms with Crippen LogP contribution in [0.25, 0.3) is 6.08 Å². The average molecular weight is 306 g/mol. The molecule has 0 amide bonds. The first-order valence-electron chi connectivity index (χ1n) is 7.47. The molecule has 1 aromatic carbocycles. The van der Waals surface area contributed by atoms with E-state index in [2.05, 4.69) is 30.7 Å². The summed E-state index contributed by atoms with van der Waals surface area (Å²) in [4.78, 5) is 20.3. The molecule has 4 nitrogen and oxygen atoms in total. The smallest absolute Gasteiger partial charge is 0.363 e. The second kappa shape index (κ2) is 5.80. The molecule has 23 heavy (non-hydrogen) atoms.